The predicted octanol–water partition coefficient (Wildman–Crippen LogP) is 7.99. The predicted molar refractivity (Wildman–Crippen MR) is 208 cm³/mol. The van der Waals surface area contributed by atoms with Gasteiger partial charge in [-0.05, 0) is 80.0 Å². The van der Waals surface area contributed by atoms with Gasteiger partial charge in [0.15, 0.2) is 11.6 Å². The van der Waals surface area contributed by atoms with E-state index in [1.807, 2.05) is 78.9 Å². The molecule has 8 rings (SSSR count). The molecule has 3 aliphatic carbocycles. The van der Waals surface area contributed by atoms with E-state index in [9.17, 15) is 19.7 Å². The molecule has 0 amide bonds. The largest absolute Gasteiger partial charge is 0.475 e. The summed E-state index contributed by atoms with van der Waals surface area (Å²) in [7, 11) is -2.55. The third-order valence-electron chi connectivity index (χ3n) is 13.3. The average Bonchev–Trinajstić information content (AvgIpc) is 3.71. The molecule has 0 radical (unpaired) electrons. The minimum absolute atomic E-state index is 0.0110. The summed E-state index contributed by atoms with van der Waals surface area (Å²) in [5.41, 5.74) is 1.18. The minimum Gasteiger partial charge on any atom is -0.382 e. The number of ketones is 1. The van der Waals surface area contributed by atoms with E-state index in [0.29, 0.717) is 36.8 Å². The summed E-state index contributed by atoms with van der Waals surface area (Å²) >= 11 is 0. The molecular formula is C44H49N2O9P. The van der Waals surface area contributed by atoms with Crippen LogP contribution in [0, 0.1) is 22.7 Å². The molecule has 1 aliphatic heterocycles. The van der Waals surface area contributed by atoms with Crippen molar-refractivity contribution in [2.45, 2.75) is 95.1 Å². The number of rotatable bonds is 12. The third-order valence-corrected chi connectivity index (χ3v) is 14.7. The summed E-state index contributed by atoms with van der Waals surface area (Å²) in [5.74, 6) is -1.62. The summed E-state index contributed by atoms with van der Waals surface area (Å²) in [6, 6.07) is 26.7. The second-order valence-electron chi connectivity index (χ2n) is 16.4. The highest BCUT2D eigenvalue weighted by Crippen LogP contribution is 2.71. The van der Waals surface area contributed by atoms with Gasteiger partial charge in [-0.1, -0.05) is 74.5 Å². The fraction of sp³-hybridized carbons (Fsp3) is 0.455. The highest BCUT2D eigenvalue weighted by molar-refractivity contribution is 7.48. The van der Waals surface area contributed by atoms with E-state index in [1.54, 1.807) is 21.0 Å². The number of phosphoric acid groups is 1. The Morgan fingerprint density at radius 3 is 2.21 bits per heavy atom. The van der Waals surface area contributed by atoms with Crippen molar-refractivity contribution in [3.05, 3.63) is 118 Å². The van der Waals surface area contributed by atoms with Gasteiger partial charge in [-0.2, -0.15) is 5.26 Å². The number of benzene rings is 3. The maximum absolute atomic E-state index is 14.1. The SMILES string of the molecule is COC12CCC3(C)[C@@]4(C)c5[nH]c6ccc(C#N)cc6c5C[C@@H]4C[C@H](OCCOP(=O)(OCc4ccccc4)OCc4ccccc4)[C@@]3(O)C1=CC(=O)C(C)(C)O2. The lowest BCUT2D eigenvalue weighted by Gasteiger charge is -2.68. The Morgan fingerprint density at radius 1 is 0.929 bits per heavy atom. The first-order valence-electron chi connectivity index (χ1n) is 19.2. The second kappa shape index (κ2) is 14.2. The van der Waals surface area contributed by atoms with Crippen LogP contribution >= 0.6 is 7.82 Å². The Hall–Kier alpha value is -3.95. The molecule has 4 aromatic rings. The molecule has 1 aromatic heterocycles. The Kier molecular flexibility index (Phi) is 9.83. The molecule has 6 atom stereocenters. The van der Waals surface area contributed by atoms with Gasteiger partial charge in [0.25, 0.3) is 0 Å². The van der Waals surface area contributed by atoms with E-state index in [4.69, 9.17) is 27.8 Å². The Bertz CT molecular complexity index is 2220. The van der Waals surface area contributed by atoms with Crippen molar-refractivity contribution in [1.82, 2.24) is 4.98 Å². The van der Waals surface area contributed by atoms with Gasteiger partial charge in [0.1, 0.15) is 11.2 Å². The fourth-order valence-electron chi connectivity index (χ4n) is 10.1. The lowest BCUT2D eigenvalue weighted by atomic mass is 9.41. The zero-order valence-corrected chi connectivity index (χ0v) is 33.4. The number of nitriles is 1. The van der Waals surface area contributed by atoms with Crippen LogP contribution in [-0.2, 0) is 62.2 Å². The van der Waals surface area contributed by atoms with Gasteiger partial charge in [0.05, 0.1) is 44.2 Å². The van der Waals surface area contributed by atoms with E-state index < -0.39 is 41.7 Å². The number of phosphoric ester groups is 1. The molecule has 4 aliphatic rings. The van der Waals surface area contributed by atoms with E-state index >= 15 is 0 Å². The molecule has 3 aromatic carbocycles. The maximum atomic E-state index is 14.1. The molecule has 2 fully saturated rings. The summed E-state index contributed by atoms with van der Waals surface area (Å²) in [6.07, 6.45) is 2.69. The number of hydrogen-bond acceptors (Lipinski definition) is 10. The molecule has 12 heteroatoms. The topological polar surface area (TPSA) is 149 Å². The first-order valence-corrected chi connectivity index (χ1v) is 20.7. The van der Waals surface area contributed by atoms with Gasteiger partial charge in [0.2, 0.25) is 0 Å². The molecule has 56 heavy (non-hydrogen) atoms. The van der Waals surface area contributed by atoms with E-state index in [0.717, 1.165) is 33.3 Å². The number of aromatic nitrogens is 1. The average molecular weight is 781 g/mol. The number of hydrogen-bond donors (Lipinski definition) is 2. The number of aliphatic hydroxyl groups is 1. The second-order valence-corrected chi connectivity index (χ2v) is 18.1. The molecule has 2 saturated carbocycles. The van der Waals surface area contributed by atoms with E-state index in [-0.39, 0.29) is 38.1 Å². The number of methoxy groups -OCH3 is 1. The third kappa shape index (κ3) is 6.05. The summed E-state index contributed by atoms with van der Waals surface area (Å²) in [5, 5.41) is 24.4. The number of H-pyrrole nitrogens is 1. The van der Waals surface area contributed by atoms with Crippen LogP contribution in [0.3, 0.4) is 0 Å². The number of aromatic amines is 1. The quantitative estimate of drug-likeness (QED) is 0.107. The molecule has 0 bridgehead atoms. The molecule has 0 spiro atoms. The molecule has 0 saturated heterocycles. The lowest BCUT2D eigenvalue weighted by molar-refractivity contribution is -0.313. The summed E-state index contributed by atoms with van der Waals surface area (Å²) in [6.45, 7) is 7.51. The van der Waals surface area contributed by atoms with Crippen molar-refractivity contribution in [3.8, 4) is 6.07 Å². The number of nitrogens with zero attached hydrogens (tertiary/aromatic N) is 1. The van der Waals surface area contributed by atoms with E-state index in [2.05, 4.69) is 24.9 Å². The van der Waals surface area contributed by atoms with Gasteiger partial charge in [-0.3, -0.25) is 18.4 Å². The monoisotopic (exact) mass is 780 g/mol. The number of nitrogens with one attached hydrogen (secondary N) is 1. The molecule has 11 nitrogen and oxygen atoms in total. The Morgan fingerprint density at radius 2 is 1.59 bits per heavy atom. The van der Waals surface area contributed by atoms with Crippen LogP contribution in [0.1, 0.15) is 74.9 Å². The van der Waals surface area contributed by atoms with Crippen LogP contribution in [0.25, 0.3) is 10.9 Å². The van der Waals surface area contributed by atoms with E-state index in [1.165, 1.54) is 6.08 Å². The van der Waals surface area contributed by atoms with Crippen LogP contribution in [0.15, 0.2) is 90.5 Å². The zero-order valence-electron chi connectivity index (χ0n) is 32.5. The van der Waals surface area contributed by atoms with Crippen LogP contribution in [0.5, 0.6) is 0 Å². The highest BCUT2D eigenvalue weighted by atomic mass is 31.2. The lowest BCUT2D eigenvalue weighted by Crippen LogP contribution is -2.76. The van der Waals surface area contributed by atoms with Crippen molar-refractivity contribution in [1.29, 1.82) is 5.26 Å². The van der Waals surface area contributed by atoms with Crippen LogP contribution in [-0.4, -0.2) is 59.3 Å². The smallest absolute Gasteiger partial charge is 0.382 e. The number of carbonyl (C=O) groups is 1. The minimum atomic E-state index is -4.10. The first kappa shape index (κ1) is 38.9. The summed E-state index contributed by atoms with van der Waals surface area (Å²) in [4.78, 5) is 17.4. The zero-order chi connectivity index (χ0) is 39.6. The van der Waals surface area contributed by atoms with Crippen LogP contribution < -0.4 is 0 Å². The first-order chi connectivity index (χ1) is 26.7. The molecular weight excluding hydrogens is 731 g/mol. The number of fused-ring (bicyclic) bond motifs is 9. The molecule has 294 valence electrons. The number of ether oxygens (including phenoxy) is 3. The van der Waals surface area contributed by atoms with Gasteiger partial charge in [-0.25, -0.2) is 4.57 Å². The fourth-order valence-corrected chi connectivity index (χ4v) is 11.2. The van der Waals surface area contributed by atoms with Crippen molar-refractivity contribution >= 4 is 24.5 Å². The van der Waals surface area contributed by atoms with Crippen molar-refractivity contribution in [2.24, 2.45) is 11.3 Å². The number of carbonyl (C=O) groups excluding carboxylic acids is 1. The maximum Gasteiger partial charge on any atom is 0.475 e. The van der Waals surface area contributed by atoms with Gasteiger partial charge in [-0.15, -0.1) is 0 Å². The normalized spacial score (nSPS) is 30.5. The van der Waals surface area contributed by atoms with Crippen molar-refractivity contribution in [2.75, 3.05) is 20.3 Å². The van der Waals surface area contributed by atoms with Crippen LogP contribution in [0.4, 0.5) is 0 Å². The van der Waals surface area contributed by atoms with Crippen molar-refractivity contribution < 1.29 is 42.2 Å². The van der Waals surface area contributed by atoms with Gasteiger partial charge in [0, 0.05) is 46.5 Å². The highest BCUT2D eigenvalue weighted by Gasteiger charge is 2.76. The molecule has 2 heterocycles. The molecule has 2 N–H and O–H groups in total. The van der Waals surface area contributed by atoms with Gasteiger partial charge < -0.3 is 24.3 Å². The van der Waals surface area contributed by atoms with Gasteiger partial charge >= 0.3 is 7.82 Å². The standard InChI is InChI=1S/C44H49N2O9P/c1-40(2)37(47)25-36-43(50-5,55-40)19-18-41(3)42(4)32(23-34-33-22-31(26-45)16-17-35(33)46-39(34)42)24-38(44(36,41)48)51-20-21-52-56(49,53-27-29-12-8-6-9-13-29)54-28-30-14-10-7-11-15-30/h6-17,22,25,32,38,46,48H,18-21,23-24,27-28H2,1-5H3/t32-,38+,41?,42-,43?,44+/m1/s1. The van der Waals surface area contributed by atoms with Crippen molar-refractivity contribution in [3.63, 3.8) is 0 Å². The molecule has 2 unspecified atom stereocenters. The Balaban J connectivity index is 1.12. The summed E-state index contributed by atoms with van der Waals surface area (Å²) < 4.78 is 51.1. The van der Waals surface area contributed by atoms with Crippen LogP contribution in [0.2, 0.25) is 0 Å². The Labute approximate surface area is 327 Å².